The number of hydrogen-bond acceptors (Lipinski definition) is 3. The van der Waals surface area contributed by atoms with Crippen LogP contribution in [0.3, 0.4) is 0 Å². The number of aromatic nitrogens is 1. The molecule has 0 bridgehead atoms. The summed E-state index contributed by atoms with van der Waals surface area (Å²) in [7, 11) is 1.60. The van der Waals surface area contributed by atoms with Gasteiger partial charge in [0, 0.05) is 18.3 Å². The molecule has 1 aromatic rings. The van der Waals surface area contributed by atoms with Gasteiger partial charge >= 0.3 is 0 Å². The molecule has 5 heteroatoms. The number of aliphatic imine (C=N–C) groups is 1. The Labute approximate surface area is 115 Å². The molecule has 0 spiro atoms. The fraction of sp³-hybridized carbons (Fsp3) is 0.571. The first-order chi connectivity index (χ1) is 9.27. The second-order valence-corrected chi connectivity index (χ2v) is 4.36. The molecule has 0 fully saturated rings. The topological polar surface area (TPSA) is 72.5 Å². The summed E-state index contributed by atoms with van der Waals surface area (Å²) < 4.78 is 5.16. The molecule has 5 nitrogen and oxygen atoms in total. The molecule has 1 heterocycles. The Morgan fingerprint density at radius 1 is 1.42 bits per heavy atom. The largest absolute Gasteiger partial charge is 0.481 e. The van der Waals surface area contributed by atoms with Crippen molar-refractivity contribution < 1.29 is 4.74 Å². The molecule has 0 amide bonds. The van der Waals surface area contributed by atoms with Gasteiger partial charge in [0.05, 0.1) is 13.7 Å². The van der Waals surface area contributed by atoms with Gasteiger partial charge in [0.25, 0.3) is 0 Å². The van der Waals surface area contributed by atoms with Crippen molar-refractivity contribution >= 4 is 5.96 Å². The van der Waals surface area contributed by atoms with E-state index in [1.807, 2.05) is 12.1 Å². The van der Waals surface area contributed by atoms with E-state index in [4.69, 9.17) is 10.5 Å². The summed E-state index contributed by atoms with van der Waals surface area (Å²) in [5, 5.41) is 3.12. The standard InChI is InChI=1S/C14H24N4O/c1-3-4-5-6-9-17-14(15)18-11-12-8-7-10-16-13(12)19-2/h7-8,10H,3-6,9,11H2,1-2H3,(H3,15,17,18). The number of rotatable bonds is 8. The van der Waals surface area contributed by atoms with E-state index >= 15 is 0 Å². The maximum absolute atomic E-state index is 5.81. The number of guanidine groups is 1. The van der Waals surface area contributed by atoms with Gasteiger partial charge < -0.3 is 15.8 Å². The second kappa shape index (κ2) is 9.19. The Morgan fingerprint density at radius 3 is 3.00 bits per heavy atom. The van der Waals surface area contributed by atoms with E-state index in [0.717, 1.165) is 18.5 Å². The van der Waals surface area contributed by atoms with E-state index in [-0.39, 0.29) is 0 Å². The van der Waals surface area contributed by atoms with Crippen LogP contribution in [0.2, 0.25) is 0 Å². The first-order valence-electron chi connectivity index (χ1n) is 6.79. The molecule has 0 atom stereocenters. The van der Waals surface area contributed by atoms with Crippen molar-refractivity contribution in [2.45, 2.75) is 39.2 Å². The van der Waals surface area contributed by atoms with E-state index < -0.39 is 0 Å². The zero-order valence-corrected chi connectivity index (χ0v) is 11.9. The van der Waals surface area contributed by atoms with Gasteiger partial charge in [-0.05, 0) is 12.5 Å². The molecule has 0 saturated carbocycles. The van der Waals surface area contributed by atoms with Gasteiger partial charge in [0.2, 0.25) is 5.88 Å². The highest BCUT2D eigenvalue weighted by atomic mass is 16.5. The minimum atomic E-state index is 0.474. The van der Waals surface area contributed by atoms with Gasteiger partial charge in [-0.1, -0.05) is 32.3 Å². The third kappa shape index (κ3) is 6.08. The van der Waals surface area contributed by atoms with Crippen LogP contribution in [-0.4, -0.2) is 24.6 Å². The average molecular weight is 264 g/mol. The Kier molecular flexibility index (Phi) is 7.39. The van der Waals surface area contributed by atoms with Crippen LogP contribution in [0.25, 0.3) is 0 Å². The van der Waals surface area contributed by atoms with E-state index in [1.54, 1.807) is 13.3 Å². The van der Waals surface area contributed by atoms with E-state index in [0.29, 0.717) is 18.4 Å². The smallest absolute Gasteiger partial charge is 0.218 e. The van der Waals surface area contributed by atoms with Crippen LogP contribution in [-0.2, 0) is 6.54 Å². The average Bonchev–Trinajstić information content (AvgIpc) is 2.45. The summed E-state index contributed by atoms with van der Waals surface area (Å²) in [5.74, 6) is 1.07. The van der Waals surface area contributed by atoms with Crippen molar-refractivity contribution in [3.63, 3.8) is 0 Å². The molecule has 0 aliphatic heterocycles. The van der Waals surface area contributed by atoms with Crippen LogP contribution < -0.4 is 15.8 Å². The van der Waals surface area contributed by atoms with Gasteiger partial charge in [-0.15, -0.1) is 0 Å². The van der Waals surface area contributed by atoms with Gasteiger partial charge in [-0.2, -0.15) is 0 Å². The Hall–Kier alpha value is -1.78. The second-order valence-electron chi connectivity index (χ2n) is 4.36. The van der Waals surface area contributed by atoms with Gasteiger partial charge in [-0.25, -0.2) is 9.98 Å². The highest BCUT2D eigenvalue weighted by Gasteiger charge is 2.02. The predicted molar refractivity (Wildman–Crippen MR) is 78.3 cm³/mol. The summed E-state index contributed by atoms with van der Waals surface area (Å²) >= 11 is 0. The molecule has 0 saturated heterocycles. The van der Waals surface area contributed by atoms with Crippen molar-refractivity contribution in [2.24, 2.45) is 10.7 Å². The lowest BCUT2D eigenvalue weighted by molar-refractivity contribution is 0.392. The van der Waals surface area contributed by atoms with Crippen LogP contribution in [0.4, 0.5) is 0 Å². The van der Waals surface area contributed by atoms with Gasteiger partial charge in [-0.3, -0.25) is 0 Å². The van der Waals surface area contributed by atoms with Crippen molar-refractivity contribution in [2.75, 3.05) is 13.7 Å². The highest BCUT2D eigenvalue weighted by Crippen LogP contribution is 2.14. The van der Waals surface area contributed by atoms with Crippen molar-refractivity contribution in [3.05, 3.63) is 23.9 Å². The number of nitrogens with two attached hydrogens (primary N) is 1. The molecule has 1 aromatic heterocycles. The molecule has 0 radical (unpaired) electrons. The van der Waals surface area contributed by atoms with Crippen LogP contribution >= 0.6 is 0 Å². The van der Waals surface area contributed by atoms with Crippen LogP contribution in [0.5, 0.6) is 5.88 Å². The lowest BCUT2D eigenvalue weighted by atomic mass is 10.2. The normalized spacial score (nSPS) is 11.4. The van der Waals surface area contributed by atoms with E-state index in [2.05, 4.69) is 22.2 Å². The van der Waals surface area contributed by atoms with Crippen LogP contribution in [0.1, 0.15) is 38.2 Å². The summed E-state index contributed by atoms with van der Waals surface area (Å²) in [6.45, 7) is 3.55. The fourth-order valence-electron chi connectivity index (χ4n) is 1.72. The first-order valence-corrected chi connectivity index (χ1v) is 6.79. The van der Waals surface area contributed by atoms with Crippen molar-refractivity contribution in [3.8, 4) is 5.88 Å². The van der Waals surface area contributed by atoms with Crippen molar-refractivity contribution in [1.82, 2.24) is 10.3 Å². The Bertz CT molecular complexity index is 393. The molecular formula is C14H24N4O. The monoisotopic (exact) mass is 264 g/mol. The number of unbranched alkanes of at least 4 members (excludes halogenated alkanes) is 3. The molecular weight excluding hydrogens is 240 g/mol. The number of nitrogens with zero attached hydrogens (tertiary/aromatic N) is 2. The summed E-state index contributed by atoms with van der Waals surface area (Å²) in [6, 6.07) is 3.80. The lowest BCUT2D eigenvalue weighted by Gasteiger charge is -2.07. The molecule has 1 rings (SSSR count). The SMILES string of the molecule is CCCCCCNC(N)=NCc1cccnc1OC. The maximum atomic E-state index is 5.81. The van der Waals surface area contributed by atoms with Crippen LogP contribution in [0, 0.1) is 0 Å². The van der Waals surface area contributed by atoms with Gasteiger partial charge in [0.15, 0.2) is 5.96 Å². The maximum Gasteiger partial charge on any atom is 0.218 e. The Balaban J connectivity index is 2.34. The minimum absolute atomic E-state index is 0.474. The lowest BCUT2D eigenvalue weighted by Crippen LogP contribution is -2.32. The Morgan fingerprint density at radius 2 is 2.26 bits per heavy atom. The molecule has 19 heavy (non-hydrogen) atoms. The molecule has 0 unspecified atom stereocenters. The molecule has 106 valence electrons. The van der Waals surface area contributed by atoms with Crippen LogP contribution in [0.15, 0.2) is 23.3 Å². The zero-order chi connectivity index (χ0) is 13.9. The predicted octanol–water partition coefficient (Wildman–Crippen LogP) is 2.07. The third-order valence-electron chi connectivity index (χ3n) is 2.80. The highest BCUT2D eigenvalue weighted by molar-refractivity contribution is 5.77. The summed E-state index contributed by atoms with van der Waals surface area (Å²) in [4.78, 5) is 8.40. The first kappa shape index (κ1) is 15.3. The molecule has 0 aromatic carbocycles. The number of hydrogen-bond donors (Lipinski definition) is 2. The summed E-state index contributed by atoms with van der Waals surface area (Å²) in [5.41, 5.74) is 6.74. The molecule has 0 aliphatic carbocycles. The van der Waals surface area contributed by atoms with E-state index in [1.165, 1.54) is 19.3 Å². The van der Waals surface area contributed by atoms with Gasteiger partial charge in [0.1, 0.15) is 0 Å². The summed E-state index contributed by atoms with van der Waals surface area (Å²) in [6.07, 6.45) is 6.56. The minimum Gasteiger partial charge on any atom is -0.481 e. The molecule has 0 aliphatic rings. The quantitative estimate of drug-likeness (QED) is 0.428. The zero-order valence-electron chi connectivity index (χ0n) is 11.9. The van der Waals surface area contributed by atoms with Crippen molar-refractivity contribution in [1.29, 1.82) is 0 Å². The number of methoxy groups -OCH3 is 1. The van der Waals surface area contributed by atoms with E-state index in [9.17, 15) is 0 Å². The number of ether oxygens (including phenoxy) is 1. The fourth-order valence-corrected chi connectivity index (χ4v) is 1.72. The number of nitrogens with one attached hydrogen (secondary N) is 1. The third-order valence-corrected chi connectivity index (χ3v) is 2.80. The number of pyridine rings is 1. The molecule has 3 N–H and O–H groups in total.